The summed E-state index contributed by atoms with van der Waals surface area (Å²) >= 11 is 0. The Hall–Kier alpha value is -0.830. The van der Waals surface area contributed by atoms with E-state index in [1.807, 2.05) is 6.20 Å². The van der Waals surface area contributed by atoms with Crippen LogP contribution in [0.2, 0.25) is 0 Å². The second-order valence-corrected chi connectivity index (χ2v) is 4.58. The molecular weight excluding hydrogens is 198 g/mol. The SMILES string of the molecule is CCCC(C)Cn1c(CNCC)cnc1C. The molecule has 1 heterocycles. The molecule has 3 nitrogen and oxygen atoms in total. The Labute approximate surface area is 99.3 Å². The summed E-state index contributed by atoms with van der Waals surface area (Å²) in [5, 5.41) is 3.36. The first-order valence-corrected chi connectivity index (χ1v) is 6.40. The first kappa shape index (κ1) is 13.2. The van der Waals surface area contributed by atoms with Crippen LogP contribution in [-0.4, -0.2) is 16.1 Å². The van der Waals surface area contributed by atoms with Gasteiger partial charge in [0.15, 0.2) is 0 Å². The van der Waals surface area contributed by atoms with Crippen LogP contribution in [0.15, 0.2) is 6.20 Å². The van der Waals surface area contributed by atoms with Crippen molar-refractivity contribution in [3.05, 3.63) is 17.7 Å². The van der Waals surface area contributed by atoms with Gasteiger partial charge >= 0.3 is 0 Å². The lowest BCUT2D eigenvalue weighted by atomic mass is 10.1. The zero-order valence-electron chi connectivity index (χ0n) is 11.1. The molecule has 0 aromatic carbocycles. The van der Waals surface area contributed by atoms with Crippen molar-refractivity contribution in [2.45, 2.75) is 53.6 Å². The number of hydrogen-bond donors (Lipinski definition) is 1. The normalized spacial score (nSPS) is 13.0. The van der Waals surface area contributed by atoms with Crippen LogP contribution in [0, 0.1) is 12.8 Å². The fourth-order valence-corrected chi connectivity index (χ4v) is 2.05. The van der Waals surface area contributed by atoms with Crippen LogP contribution < -0.4 is 5.32 Å². The molecule has 0 spiro atoms. The maximum absolute atomic E-state index is 4.41. The summed E-state index contributed by atoms with van der Waals surface area (Å²) in [4.78, 5) is 4.41. The van der Waals surface area contributed by atoms with Gasteiger partial charge in [-0.05, 0) is 25.8 Å². The lowest BCUT2D eigenvalue weighted by molar-refractivity contribution is 0.429. The van der Waals surface area contributed by atoms with E-state index in [0.717, 1.165) is 31.4 Å². The van der Waals surface area contributed by atoms with Crippen molar-refractivity contribution < 1.29 is 0 Å². The molecule has 0 saturated carbocycles. The van der Waals surface area contributed by atoms with Gasteiger partial charge in [-0.2, -0.15) is 0 Å². The lowest BCUT2D eigenvalue weighted by Gasteiger charge is -2.15. The third kappa shape index (κ3) is 3.63. The number of aryl methyl sites for hydroxylation is 1. The summed E-state index contributed by atoms with van der Waals surface area (Å²) in [5.41, 5.74) is 1.31. The highest BCUT2D eigenvalue weighted by atomic mass is 15.1. The van der Waals surface area contributed by atoms with Crippen LogP contribution in [0.25, 0.3) is 0 Å². The second kappa shape index (κ2) is 6.69. The number of aromatic nitrogens is 2. The molecule has 0 aliphatic carbocycles. The van der Waals surface area contributed by atoms with Crippen LogP contribution in [0.4, 0.5) is 0 Å². The van der Waals surface area contributed by atoms with Crippen molar-refractivity contribution in [1.29, 1.82) is 0 Å². The summed E-state index contributed by atoms with van der Waals surface area (Å²) < 4.78 is 2.35. The standard InChI is InChI=1S/C13H25N3/c1-5-7-11(3)10-16-12(4)15-9-13(16)8-14-6-2/h9,11,14H,5-8,10H2,1-4H3. The van der Waals surface area contributed by atoms with Gasteiger partial charge in [0.25, 0.3) is 0 Å². The van der Waals surface area contributed by atoms with Crippen molar-refractivity contribution in [3.8, 4) is 0 Å². The predicted molar refractivity (Wildman–Crippen MR) is 68.4 cm³/mol. The van der Waals surface area contributed by atoms with E-state index >= 15 is 0 Å². The summed E-state index contributed by atoms with van der Waals surface area (Å²) in [6, 6.07) is 0. The molecule has 92 valence electrons. The van der Waals surface area contributed by atoms with Crippen LogP contribution in [0.1, 0.15) is 45.1 Å². The first-order chi connectivity index (χ1) is 7.69. The van der Waals surface area contributed by atoms with Gasteiger partial charge in [0, 0.05) is 19.3 Å². The Kier molecular flexibility index (Phi) is 5.53. The highest BCUT2D eigenvalue weighted by molar-refractivity contribution is 5.04. The van der Waals surface area contributed by atoms with Crippen LogP contribution >= 0.6 is 0 Å². The number of nitrogens with one attached hydrogen (secondary N) is 1. The third-order valence-corrected chi connectivity index (χ3v) is 2.97. The molecule has 1 unspecified atom stereocenters. The van der Waals surface area contributed by atoms with Crippen LogP contribution in [-0.2, 0) is 13.1 Å². The zero-order valence-corrected chi connectivity index (χ0v) is 11.1. The Balaban J connectivity index is 2.65. The minimum Gasteiger partial charge on any atom is -0.331 e. The molecule has 0 amide bonds. The van der Waals surface area contributed by atoms with Crippen molar-refractivity contribution in [2.24, 2.45) is 5.92 Å². The minimum absolute atomic E-state index is 0.735. The van der Waals surface area contributed by atoms with E-state index in [-0.39, 0.29) is 0 Å². The maximum atomic E-state index is 4.41. The van der Waals surface area contributed by atoms with E-state index in [1.54, 1.807) is 0 Å². The maximum Gasteiger partial charge on any atom is 0.105 e. The predicted octanol–water partition coefficient (Wildman–Crippen LogP) is 2.74. The number of hydrogen-bond acceptors (Lipinski definition) is 2. The Bertz CT molecular complexity index is 304. The molecule has 0 aliphatic heterocycles. The van der Waals surface area contributed by atoms with E-state index in [1.165, 1.54) is 18.5 Å². The molecule has 1 aromatic rings. The Morgan fingerprint density at radius 3 is 2.81 bits per heavy atom. The molecule has 1 atom stereocenters. The van der Waals surface area contributed by atoms with Crippen molar-refractivity contribution in [3.63, 3.8) is 0 Å². The average Bonchev–Trinajstić information content (AvgIpc) is 2.58. The van der Waals surface area contributed by atoms with Gasteiger partial charge in [0.1, 0.15) is 5.82 Å². The molecule has 0 radical (unpaired) electrons. The molecule has 0 aliphatic rings. The largest absolute Gasteiger partial charge is 0.331 e. The summed E-state index contributed by atoms with van der Waals surface area (Å²) in [7, 11) is 0. The van der Waals surface area contributed by atoms with Gasteiger partial charge < -0.3 is 9.88 Å². The monoisotopic (exact) mass is 223 g/mol. The third-order valence-electron chi connectivity index (χ3n) is 2.97. The molecule has 0 bridgehead atoms. The van der Waals surface area contributed by atoms with Gasteiger partial charge in [0.05, 0.1) is 5.69 Å². The highest BCUT2D eigenvalue weighted by Crippen LogP contribution is 2.12. The lowest BCUT2D eigenvalue weighted by Crippen LogP contribution is -2.18. The number of imidazole rings is 1. The first-order valence-electron chi connectivity index (χ1n) is 6.40. The van der Waals surface area contributed by atoms with Gasteiger partial charge in [0.2, 0.25) is 0 Å². The smallest absolute Gasteiger partial charge is 0.105 e. The average molecular weight is 223 g/mol. The summed E-state index contributed by atoms with van der Waals surface area (Å²) in [5.74, 6) is 1.87. The molecule has 3 heteroatoms. The topological polar surface area (TPSA) is 29.9 Å². The molecule has 1 aromatic heterocycles. The molecular formula is C13H25N3. The summed E-state index contributed by atoms with van der Waals surface area (Å²) in [6.45, 7) is 11.8. The highest BCUT2D eigenvalue weighted by Gasteiger charge is 2.09. The Morgan fingerprint density at radius 2 is 2.19 bits per heavy atom. The van der Waals surface area contributed by atoms with Gasteiger partial charge in [-0.1, -0.05) is 27.2 Å². The quantitative estimate of drug-likeness (QED) is 0.770. The van der Waals surface area contributed by atoms with Crippen molar-refractivity contribution in [1.82, 2.24) is 14.9 Å². The minimum atomic E-state index is 0.735. The van der Waals surface area contributed by atoms with Gasteiger partial charge in [-0.15, -0.1) is 0 Å². The Morgan fingerprint density at radius 1 is 1.44 bits per heavy atom. The van der Waals surface area contributed by atoms with Gasteiger partial charge in [-0.3, -0.25) is 0 Å². The zero-order chi connectivity index (χ0) is 12.0. The fraction of sp³-hybridized carbons (Fsp3) is 0.769. The van der Waals surface area contributed by atoms with E-state index < -0.39 is 0 Å². The van der Waals surface area contributed by atoms with Crippen LogP contribution in [0.3, 0.4) is 0 Å². The summed E-state index contributed by atoms with van der Waals surface area (Å²) in [6.07, 6.45) is 4.55. The van der Waals surface area contributed by atoms with Gasteiger partial charge in [-0.25, -0.2) is 4.98 Å². The van der Waals surface area contributed by atoms with Crippen LogP contribution in [0.5, 0.6) is 0 Å². The molecule has 16 heavy (non-hydrogen) atoms. The number of nitrogens with zero attached hydrogens (tertiary/aromatic N) is 2. The van der Waals surface area contributed by atoms with E-state index in [9.17, 15) is 0 Å². The van der Waals surface area contributed by atoms with E-state index in [0.29, 0.717) is 0 Å². The molecule has 1 N–H and O–H groups in total. The van der Waals surface area contributed by atoms with E-state index in [2.05, 4.69) is 42.6 Å². The fourth-order valence-electron chi connectivity index (χ4n) is 2.05. The van der Waals surface area contributed by atoms with E-state index in [4.69, 9.17) is 0 Å². The molecule has 1 rings (SSSR count). The second-order valence-electron chi connectivity index (χ2n) is 4.58. The van der Waals surface area contributed by atoms with Crippen molar-refractivity contribution >= 4 is 0 Å². The molecule has 0 fully saturated rings. The number of rotatable bonds is 7. The van der Waals surface area contributed by atoms with Crippen molar-refractivity contribution in [2.75, 3.05) is 6.54 Å². The molecule has 0 saturated heterocycles.